The maximum atomic E-state index is 13.7. The molecule has 1 saturated heterocycles. The number of fused-ring (bicyclic) bond motifs is 1. The van der Waals surface area contributed by atoms with Crippen LogP contribution in [-0.4, -0.2) is 61.9 Å². The van der Waals surface area contributed by atoms with Crippen LogP contribution in [-0.2, 0) is 9.84 Å². The SMILES string of the molecule is COc1cccc(NC(=O)c2cc(-c3ccc(OC)c(OC)c3)nc3c2c(C)nn3C2CCS(=O)(=O)C2)c1. The van der Waals surface area contributed by atoms with Crippen LogP contribution < -0.4 is 19.5 Å². The average Bonchev–Trinajstić information content (AvgIpc) is 3.46. The van der Waals surface area contributed by atoms with Crippen molar-refractivity contribution < 1.29 is 27.4 Å². The Labute approximate surface area is 220 Å². The molecule has 0 spiro atoms. The van der Waals surface area contributed by atoms with Crippen LogP contribution in [0.3, 0.4) is 0 Å². The summed E-state index contributed by atoms with van der Waals surface area (Å²) in [5, 5.41) is 8.16. The molecular weight excluding hydrogens is 508 g/mol. The molecule has 2 aromatic carbocycles. The third kappa shape index (κ3) is 4.76. The first kappa shape index (κ1) is 25.5. The molecule has 0 aliphatic carbocycles. The van der Waals surface area contributed by atoms with Gasteiger partial charge in [0.1, 0.15) is 5.75 Å². The molecular formula is C27H28N4O6S. The zero-order valence-electron chi connectivity index (χ0n) is 21.5. The fourth-order valence-corrected chi connectivity index (χ4v) is 6.45. The number of aromatic nitrogens is 3. The minimum Gasteiger partial charge on any atom is -0.497 e. The van der Waals surface area contributed by atoms with E-state index < -0.39 is 9.84 Å². The van der Waals surface area contributed by atoms with E-state index in [1.807, 2.05) is 6.07 Å². The van der Waals surface area contributed by atoms with Crippen LogP contribution in [0.2, 0.25) is 0 Å². The number of sulfone groups is 1. The van der Waals surface area contributed by atoms with Gasteiger partial charge in [0.2, 0.25) is 0 Å². The number of rotatable bonds is 7. The quantitative estimate of drug-likeness (QED) is 0.376. The van der Waals surface area contributed by atoms with Crippen molar-refractivity contribution in [3.8, 4) is 28.5 Å². The van der Waals surface area contributed by atoms with Gasteiger partial charge in [0.25, 0.3) is 5.91 Å². The molecule has 198 valence electrons. The minimum absolute atomic E-state index is 0.0170. The highest BCUT2D eigenvalue weighted by Gasteiger charge is 2.32. The summed E-state index contributed by atoms with van der Waals surface area (Å²) >= 11 is 0. The molecule has 1 N–H and O–H groups in total. The predicted molar refractivity (Wildman–Crippen MR) is 144 cm³/mol. The van der Waals surface area contributed by atoms with E-state index >= 15 is 0 Å². The predicted octanol–water partition coefficient (Wildman–Crippen LogP) is 4.04. The van der Waals surface area contributed by atoms with Crippen LogP contribution in [0.4, 0.5) is 5.69 Å². The molecule has 10 nitrogen and oxygen atoms in total. The summed E-state index contributed by atoms with van der Waals surface area (Å²) in [5.74, 6) is 1.41. The lowest BCUT2D eigenvalue weighted by Gasteiger charge is -2.14. The Hall–Kier alpha value is -4.12. The Kier molecular flexibility index (Phi) is 6.70. The normalized spacial score (nSPS) is 16.4. The number of nitrogens with zero attached hydrogens (tertiary/aromatic N) is 3. The number of carbonyl (C=O) groups is 1. The molecule has 1 unspecified atom stereocenters. The van der Waals surface area contributed by atoms with E-state index in [9.17, 15) is 13.2 Å². The van der Waals surface area contributed by atoms with E-state index in [2.05, 4.69) is 10.4 Å². The lowest BCUT2D eigenvalue weighted by atomic mass is 10.0. The molecule has 1 aliphatic rings. The molecule has 1 atom stereocenters. The maximum Gasteiger partial charge on any atom is 0.256 e. The molecule has 4 aromatic rings. The van der Waals surface area contributed by atoms with Gasteiger partial charge >= 0.3 is 0 Å². The van der Waals surface area contributed by atoms with Gasteiger partial charge in [-0.25, -0.2) is 18.1 Å². The number of hydrogen-bond acceptors (Lipinski definition) is 8. The van der Waals surface area contributed by atoms with E-state index in [1.54, 1.807) is 75.4 Å². The van der Waals surface area contributed by atoms with Crippen molar-refractivity contribution in [2.75, 3.05) is 38.2 Å². The summed E-state index contributed by atoms with van der Waals surface area (Å²) in [4.78, 5) is 18.5. The molecule has 1 fully saturated rings. The lowest BCUT2D eigenvalue weighted by molar-refractivity contribution is 0.102. The number of ether oxygens (including phenoxy) is 3. The number of hydrogen-bond donors (Lipinski definition) is 1. The first-order valence-electron chi connectivity index (χ1n) is 12.0. The Balaban J connectivity index is 1.68. The van der Waals surface area contributed by atoms with Gasteiger partial charge in [-0.3, -0.25) is 4.79 Å². The summed E-state index contributed by atoms with van der Waals surface area (Å²) in [6.07, 6.45) is 0.437. The number of benzene rings is 2. The Bertz CT molecular complexity index is 1650. The Morgan fingerprint density at radius 1 is 1.03 bits per heavy atom. The van der Waals surface area contributed by atoms with Crippen molar-refractivity contribution in [1.29, 1.82) is 0 Å². The molecule has 3 heterocycles. The second-order valence-corrected chi connectivity index (χ2v) is 11.3. The maximum absolute atomic E-state index is 13.7. The fraction of sp³-hybridized carbons (Fsp3) is 0.296. The van der Waals surface area contributed by atoms with Gasteiger partial charge in [0.05, 0.1) is 61.2 Å². The van der Waals surface area contributed by atoms with Gasteiger partial charge in [-0.2, -0.15) is 5.10 Å². The van der Waals surface area contributed by atoms with Crippen LogP contribution in [0.5, 0.6) is 17.2 Å². The smallest absolute Gasteiger partial charge is 0.256 e. The van der Waals surface area contributed by atoms with E-state index in [0.717, 1.165) is 0 Å². The number of amides is 1. The van der Waals surface area contributed by atoms with Crippen molar-refractivity contribution in [3.05, 3.63) is 59.8 Å². The molecule has 0 bridgehead atoms. The molecule has 0 saturated carbocycles. The van der Waals surface area contributed by atoms with Crippen LogP contribution >= 0.6 is 0 Å². The highest BCUT2D eigenvalue weighted by molar-refractivity contribution is 7.91. The second kappa shape index (κ2) is 9.97. The molecule has 5 rings (SSSR count). The zero-order chi connectivity index (χ0) is 27.0. The first-order chi connectivity index (χ1) is 18.2. The van der Waals surface area contributed by atoms with E-state index in [4.69, 9.17) is 19.2 Å². The molecule has 2 aromatic heterocycles. The Morgan fingerprint density at radius 2 is 1.82 bits per heavy atom. The van der Waals surface area contributed by atoms with Gasteiger partial charge in [0.15, 0.2) is 27.0 Å². The largest absolute Gasteiger partial charge is 0.497 e. The average molecular weight is 537 g/mol. The molecule has 0 radical (unpaired) electrons. The third-order valence-corrected chi connectivity index (χ3v) is 8.39. The number of pyridine rings is 1. The van der Waals surface area contributed by atoms with Crippen LogP contribution in [0.1, 0.15) is 28.5 Å². The highest BCUT2D eigenvalue weighted by atomic mass is 32.2. The van der Waals surface area contributed by atoms with Gasteiger partial charge in [-0.05, 0) is 49.7 Å². The van der Waals surface area contributed by atoms with Crippen molar-refractivity contribution in [3.63, 3.8) is 0 Å². The molecule has 1 aliphatic heterocycles. The van der Waals surface area contributed by atoms with Crippen molar-refractivity contribution >= 4 is 32.5 Å². The van der Waals surface area contributed by atoms with E-state index in [-0.39, 0.29) is 23.5 Å². The number of methoxy groups -OCH3 is 3. The second-order valence-electron chi connectivity index (χ2n) is 9.10. The number of aryl methyl sites for hydroxylation is 1. The van der Waals surface area contributed by atoms with E-state index in [0.29, 0.717) is 62.9 Å². The third-order valence-electron chi connectivity index (χ3n) is 6.64. The molecule has 11 heteroatoms. The van der Waals surface area contributed by atoms with Crippen molar-refractivity contribution in [2.24, 2.45) is 0 Å². The van der Waals surface area contributed by atoms with Crippen LogP contribution in [0.15, 0.2) is 48.5 Å². The summed E-state index contributed by atoms with van der Waals surface area (Å²) < 4.78 is 42.3. The van der Waals surface area contributed by atoms with Gasteiger partial charge in [-0.15, -0.1) is 0 Å². The zero-order valence-corrected chi connectivity index (χ0v) is 22.3. The fourth-order valence-electron chi connectivity index (χ4n) is 4.76. The monoisotopic (exact) mass is 536 g/mol. The summed E-state index contributed by atoms with van der Waals surface area (Å²) in [7, 11) is 1.49. The van der Waals surface area contributed by atoms with Gasteiger partial charge in [-0.1, -0.05) is 6.07 Å². The lowest BCUT2D eigenvalue weighted by Crippen LogP contribution is -2.15. The van der Waals surface area contributed by atoms with Crippen LogP contribution in [0, 0.1) is 6.92 Å². The topological polar surface area (TPSA) is 122 Å². The van der Waals surface area contributed by atoms with Crippen LogP contribution in [0.25, 0.3) is 22.3 Å². The molecule has 1 amide bonds. The standard InChI is InChI=1S/C27H28N4O6S/c1-16-25-21(27(32)28-18-6-5-7-20(13-18)35-2)14-22(17-8-9-23(36-3)24(12-17)37-4)29-26(25)31(30-16)19-10-11-38(33,34)15-19/h5-9,12-14,19H,10-11,15H2,1-4H3,(H,28,32). The van der Waals surface area contributed by atoms with E-state index in [1.165, 1.54) is 0 Å². The van der Waals surface area contributed by atoms with Gasteiger partial charge < -0.3 is 19.5 Å². The molecule has 38 heavy (non-hydrogen) atoms. The number of anilines is 1. The summed E-state index contributed by atoms with van der Waals surface area (Å²) in [6, 6.07) is 13.8. The highest BCUT2D eigenvalue weighted by Crippen LogP contribution is 2.35. The van der Waals surface area contributed by atoms with Crippen molar-refractivity contribution in [2.45, 2.75) is 19.4 Å². The number of nitrogens with one attached hydrogen (secondary N) is 1. The Morgan fingerprint density at radius 3 is 2.50 bits per heavy atom. The van der Waals surface area contributed by atoms with Gasteiger partial charge in [0, 0.05) is 17.3 Å². The summed E-state index contributed by atoms with van der Waals surface area (Å²) in [6.45, 7) is 1.79. The van der Waals surface area contributed by atoms with Crippen molar-refractivity contribution in [1.82, 2.24) is 14.8 Å². The minimum atomic E-state index is -3.17. The number of carbonyl (C=O) groups excluding carboxylic acids is 1. The summed E-state index contributed by atoms with van der Waals surface area (Å²) in [5.41, 5.74) is 3.19. The first-order valence-corrected chi connectivity index (χ1v) is 13.8.